The van der Waals surface area contributed by atoms with Gasteiger partial charge in [-0.15, -0.1) is 0 Å². The largest absolute Gasteiger partial charge is 0.494 e. The van der Waals surface area contributed by atoms with Crippen molar-refractivity contribution in [2.75, 3.05) is 32.1 Å². The highest BCUT2D eigenvalue weighted by atomic mass is 16.5. The first kappa shape index (κ1) is 15.8. The number of amides is 1. The molecule has 5 nitrogen and oxygen atoms in total. The van der Waals surface area contributed by atoms with Gasteiger partial charge >= 0.3 is 0 Å². The number of benzene rings is 1. The molecule has 0 radical (unpaired) electrons. The van der Waals surface area contributed by atoms with Crippen LogP contribution in [-0.2, 0) is 4.79 Å². The highest BCUT2D eigenvalue weighted by Gasteiger charge is 2.28. The number of ether oxygens (including phenoxy) is 1. The van der Waals surface area contributed by atoms with Crippen molar-refractivity contribution in [3.8, 4) is 5.75 Å². The molecule has 2 rings (SSSR count). The van der Waals surface area contributed by atoms with Gasteiger partial charge in [-0.25, -0.2) is 0 Å². The van der Waals surface area contributed by atoms with Crippen molar-refractivity contribution >= 4 is 11.6 Å². The van der Waals surface area contributed by atoms with Crippen molar-refractivity contribution < 1.29 is 14.6 Å². The van der Waals surface area contributed by atoms with Crippen LogP contribution in [0.5, 0.6) is 5.75 Å². The lowest BCUT2D eigenvalue weighted by Crippen LogP contribution is -2.39. The molecule has 0 spiro atoms. The van der Waals surface area contributed by atoms with E-state index in [2.05, 4.69) is 5.32 Å². The number of hydrogen-bond donors (Lipinski definition) is 2. The molecule has 0 aliphatic heterocycles. The van der Waals surface area contributed by atoms with Crippen LogP contribution in [0.3, 0.4) is 0 Å². The van der Waals surface area contributed by atoms with E-state index < -0.39 is 0 Å². The van der Waals surface area contributed by atoms with Crippen molar-refractivity contribution in [2.24, 2.45) is 5.92 Å². The summed E-state index contributed by atoms with van der Waals surface area (Å²) in [4.78, 5) is 14.0. The van der Waals surface area contributed by atoms with E-state index in [1.807, 2.05) is 43.1 Å². The van der Waals surface area contributed by atoms with Crippen LogP contribution in [-0.4, -0.2) is 48.8 Å². The van der Waals surface area contributed by atoms with E-state index >= 15 is 0 Å². The molecule has 1 aromatic rings. The predicted molar refractivity (Wildman–Crippen MR) is 82.5 cm³/mol. The average Bonchev–Trinajstić information content (AvgIpc) is 2.39. The lowest BCUT2D eigenvalue weighted by atomic mass is 9.82. The Morgan fingerprint density at radius 3 is 2.62 bits per heavy atom. The quantitative estimate of drug-likeness (QED) is 0.803. The summed E-state index contributed by atoms with van der Waals surface area (Å²) in [5, 5.41) is 12.1. The van der Waals surface area contributed by atoms with E-state index in [9.17, 15) is 9.90 Å². The number of rotatable bonds is 7. The van der Waals surface area contributed by atoms with Gasteiger partial charge in [0, 0.05) is 12.2 Å². The van der Waals surface area contributed by atoms with Gasteiger partial charge in [0.2, 0.25) is 5.91 Å². The zero-order valence-electron chi connectivity index (χ0n) is 12.7. The zero-order chi connectivity index (χ0) is 15.2. The zero-order valence-corrected chi connectivity index (χ0v) is 12.7. The Kier molecular flexibility index (Phi) is 5.59. The maximum absolute atomic E-state index is 12.0. The van der Waals surface area contributed by atoms with E-state index in [0.717, 1.165) is 30.8 Å². The van der Waals surface area contributed by atoms with Gasteiger partial charge in [-0.3, -0.25) is 9.69 Å². The minimum absolute atomic E-state index is 0.0264. The Morgan fingerprint density at radius 1 is 1.38 bits per heavy atom. The van der Waals surface area contributed by atoms with E-state index in [0.29, 0.717) is 19.1 Å². The molecule has 0 heterocycles. The number of nitrogens with zero attached hydrogens (tertiary/aromatic N) is 1. The fourth-order valence-electron chi connectivity index (χ4n) is 2.60. The van der Waals surface area contributed by atoms with Gasteiger partial charge in [-0.05, 0) is 57.0 Å². The standard InChI is InChI=1S/C16H24N2O3/c1-3-21-15-6-4-13(5-7-15)17-16(20)11-18(2)10-12-8-14(19)9-12/h4-7,12,14,19H,3,8-11H2,1-2H3,(H,17,20). The smallest absolute Gasteiger partial charge is 0.238 e. The second kappa shape index (κ2) is 7.43. The number of anilines is 1. The van der Waals surface area contributed by atoms with Crippen LogP contribution in [0, 0.1) is 5.92 Å². The molecule has 21 heavy (non-hydrogen) atoms. The number of aliphatic hydroxyl groups excluding tert-OH is 1. The number of aliphatic hydroxyl groups is 1. The number of likely N-dealkylation sites (N-methyl/N-ethyl adjacent to an activating group) is 1. The summed E-state index contributed by atoms with van der Waals surface area (Å²) in [6.07, 6.45) is 1.57. The number of carbonyl (C=O) groups is 1. The first-order valence-electron chi connectivity index (χ1n) is 7.46. The maximum atomic E-state index is 12.0. The summed E-state index contributed by atoms with van der Waals surface area (Å²) in [6, 6.07) is 7.37. The van der Waals surface area contributed by atoms with Gasteiger partial charge in [0.15, 0.2) is 0 Å². The van der Waals surface area contributed by atoms with Gasteiger partial charge < -0.3 is 15.2 Å². The lowest BCUT2D eigenvalue weighted by Gasteiger charge is -2.34. The summed E-state index contributed by atoms with van der Waals surface area (Å²) in [7, 11) is 1.93. The lowest BCUT2D eigenvalue weighted by molar-refractivity contribution is -0.117. The Bertz CT molecular complexity index is 455. The van der Waals surface area contributed by atoms with Crippen molar-refractivity contribution in [1.82, 2.24) is 4.90 Å². The number of nitrogens with one attached hydrogen (secondary N) is 1. The SMILES string of the molecule is CCOc1ccc(NC(=O)CN(C)CC2CC(O)C2)cc1. The topological polar surface area (TPSA) is 61.8 Å². The van der Waals surface area contributed by atoms with Gasteiger partial charge in [0.05, 0.1) is 19.3 Å². The second-order valence-electron chi connectivity index (χ2n) is 5.69. The first-order chi connectivity index (χ1) is 10.1. The molecule has 0 aromatic heterocycles. The van der Waals surface area contributed by atoms with E-state index in [1.54, 1.807) is 0 Å². The molecule has 0 bridgehead atoms. The van der Waals surface area contributed by atoms with Crippen LogP contribution in [0.15, 0.2) is 24.3 Å². The van der Waals surface area contributed by atoms with Crippen molar-refractivity contribution in [1.29, 1.82) is 0 Å². The average molecular weight is 292 g/mol. The molecule has 0 atom stereocenters. The Labute approximate surface area is 125 Å². The molecule has 1 aromatic carbocycles. The molecule has 0 saturated heterocycles. The van der Waals surface area contributed by atoms with Crippen molar-refractivity contribution in [2.45, 2.75) is 25.9 Å². The summed E-state index contributed by atoms with van der Waals surface area (Å²) in [5.74, 6) is 1.29. The molecule has 0 unspecified atom stereocenters. The molecule has 1 fully saturated rings. The molecule has 1 amide bonds. The maximum Gasteiger partial charge on any atom is 0.238 e. The molecule has 1 aliphatic carbocycles. The fraction of sp³-hybridized carbons (Fsp3) is 0.562. The van der Waals surface area contributed by atoms with Crippen molar-refractivity contribution in [3.63, 3.8) is 0 Å². The van der Waals surface area contributed by atoms with E-state index in [-0.39, 0.29) is 12.0 Å². The van der Waals surface area contributed by atoms with Crippen LogP contribution in [0.2, 0.25) is 0 Å². The molecule has 1 aliphatic rings. The van der Waals surface area contributed by atoms with Crippen LogP contribution in [0.1, 0.15) is 19.8 Å². The fourth-order valence-corrected chi connectivity index (χ4v) is 2.60. The summed E-state index contributed by atoms with van der Waals surface area (Å²) in [6.45, 7) is 3.78. The number of carbonyl (C=O) groups excluding carboxylic acids is 1. The molecular weight excluding hydrogens is 268 g/mol. The van der Waals surface area contributed by atoms with Gasteiger partial charge in [0.1, 0.15) is 5.75 Å². The monoisotopic (exact) mass is 292 g/mol. The van der Waals surface area contributed by atoms with Gasteiger partial charge in [0.25, 0.3) is 0 Å². The second-order valence-corrected chi connectivity index (χ2v) is 5.69. The summed E-state index contributed by atoms with van der Waals surface area (Å²) >= 11 is 0. The van der Waals surface area contributed by atoms with Crippen LogP contribution >= 0.6 is 0 Å². The molecular formula is C16H24N2O3. The van der Waals surface area contributed by atoms with Crippen molar-refractivity contribution in [3.05, 3.63) is 24.3 Å². The molecule has 5 heteroatoms. The number of hydrogen-bond acceptors (Lipinski definition) is 4. The third kappa shape index (κ3) is 5.02. The highest BCUT2D eigenvalue weighted by Crippen LogP contribution is 2.27. The third-order valence-electron chi connectivity index (χ3n) is 3.64. The molecule has 1 saturated carbocycles. The van der Waals surface area contributed by atoms with Gasteiger partial charge in [-0.2, -0.15) is 0 Å². The summed E-state index contributed by atoms with van der Waals surface area (Å²) in [5.41, 5.74) is 0.774. The minimum Gasteiger partial charge on any atom is -0.494 e. The normalized spacial score (nSPS) is 21.0. The first-order valence-corrected chi connectivity index (χ1v) is 7.46. The Balaban J connectivity index is 1.73. The highest BCUT2D eigenvalue weighted by molar-refractivity contribution is 5.92. The predicted octanol–water partition coefficient (Wildman–Crippen LogP) is 1.73. The van der Waals surface area contributed by atoms with Crippen LogP contribution < -0.4 is 10.1 Å². The van der Waals surface area contributed by atoms with E-state index in [1.165, 1.54) is 0 Å². The Hall–Kier alpha value is -1.59. The van der Waals surface area contributed by atoms with Gasteiger partial charge in [-0.1, -0.05) is 0 Å². The van der Waals surface area contributed by atoms with Crippen LogP contribution in [0.25, 0.3) is 0 Å². The Morgan fingerprint density at radius 2 is 2.05 bits per heavy atom. The molecule has 2 N–H and O–H groups in total. The van der Waals surface area contributed by atoms with Crippen LogP contribution in [0.4, 0.5) is 5.69 Å². The molecule has 116 valence electrons. The summed E-state index contributed by atoms with van der Waals surface area (Å²) < 4.78 is 5.36. The third-order valence-corrected chi connectivity index (χ3v) is 3.64. The minimum atomic E-state index is -0.138. The van der Waals surface area contributed by atoms with E-state index in [4.69, 9.17) is 4.74 Å².